The second kappa shape index (κ2) is 10.3. The van der Waals surface area contributed by atoms with Crippen molar-refractivity contribution in [2.45, 2.75) is 11.8 Å². The van der Waals surface area contributed by atoms with Gasteiger partial charge in [-0.05, 0) is 48.4 Å². The number of aromatic nitrogens is 3. The molecule has 3 aromatic heterocycles. The van der Waals surface area contributed by atoms with Crippen molar-refractivity contribution in [1.29, 1.82) is 0 Å². The van der Waals surface area contributed by atoms with Gasteiger partial charge in [-0.3, -0.25) is 9.52 Å². The molecule has 0 aliphatic heterocycles. The maximum absolute atomic E-state index is 13.6. The van der Waals surface area contributed by atoms with Crippen LogP contribution < -0.4 is 10.5 Å². The third-order valence-corrected chi connectivity index (χ3v) is 9.57. The molecule has 0 aliphatic carbocycles. The molecule has 0 saturated carbocycles. The van der Waals surface area contributed by atoms with E-state index in [4.69, 9.17) is 10.7 Å². The first-order valence-electron chi connectivity index (χ1n) is 12.1. The van der Waals surface area contributed by atoms with Gasteiger partial charge in [-0.15, -0.1) is 21.5 Å². The van der Waals surface area contributed by atoms with Crippen LogP contribution >= 0.6 is 22.7 Å². The Morgan fingerprint density at radius 1 is 0.850 bits per heavy atom. The topological polar surface area (TPSA) is 128 Å². The predicted molar refractivity (Wildman–Crippen MR) is 160 cm³/mol. The fourth-order valence-corrected chi connectivity index (χ4v) is 7.22. The van der Waals surface area contributed by atoms with Crippen LogP contribution in [0.5, 0.6) is 0 Å². The number of hydrogen-bond donors (Lipinski definition) is 2. The number of rotatable bonds is 7. The number of fused-ring (bicyclic) bond motifs is 1. The van der Waals surface area contributed by atoms with E-state index in [9.17, 15) is 13.2 Å². The fraction of sp³-hybridized carbons (Fsp3) is 0.0345. The summed E-state index contributed by atoms with van der Waals surface area (Å²) in [4.78, 5) is 19.5. The molecule has 6 aromatic rings. The third-order valence-electron chi connectivity index (χ3n) is 6.23. The Hall–Kier alpha value is -4.45. The number of pyridine rings is 1. The number of benzene rings is 3. The molecule has 0 atom stereocenters. The summed E-state index contributed by atoms with van der Waals surface area (Å²) in [6.45, 7) is 1.73. The average molecular weight is 584 g/mol. The average Bonchev–Trinajstić information content (AvgIpc) is 3.54. The zero-order chi connectivity index (χ0) is 27.9. The van der Waals surface area contributed by atoms with E-state index in [0.717, 1.165) is 39.1 Å². The molecule has 0 spiro atoms. The first kappa shape index (κ1) is 25.8. The SMILES string of the molecule is Cc1nnc(NS(=O)(=O)c2ccc(C(=O)c3sc4nc(-c5ccccc5)cc(-c5ccccc5)c4c3N)cc2)s1. The second-order valence-corrected chi connectivity index (χ2v) is 12.8. The Morgan fingerprint density at radius 3 is 2.12 bits per heavy atom. The van der Waals surface area contributed by atoms with Gasteiger partial charge in [0.1, 0.15) is 14.7 Å². The van der Waals surface area contributed by atoms with E-state index in [1.54, 1.807) is 6.92 Å². The summed E-state index contributed by atoms with van der Waals surface area (Å²) in [6.07, 6.45) is 0. The van der Waals surface area contributed by atoms with Crippen LogP contribution in [0.15, 0.2) is 95.9 Å². The predicted octanol–water partition coefficient (Wildman–Crippen LogP) is 6.40. The van der Waals surface area contributed by atoms with Crippen LogP contribution in [-0.2, 0) is 10.0 Å². The van der Waals surface area contributed by atoms with Gasteiger partial charge in [-0.1, -0.05) is 72.0 Å². The molecular weight excluding hydrogens is 563 g/mol. The van der Waals surface area contributed by atoms with Crippen molar-refractivity contribution in [3.05, 3.63) is 106 Å². The quantitative estimate of drug-likeness (QED) is 0.208. The van der Waals surface area contributed by atoms with Gasteiger partial charge < -0.3 is 5.73 Å². The van der Waals surface area contributed by atoms with E-state index in [-0.39, 0.29) is 15.8 Å². The minimum Gasteiger partial charge on any atom is -0.397 e. The maximum atomic E-state index is 13.6. The van der Waals surface area contributed by atoms with E-state index in [1.165, 1.54) is 35.6 Å². The number of nitrogens with two attached hydrogens (primary N) is 1. The number of nitrogen functional groups attached to an aromatic ring is 1. The van der Waals surface area contributed by atoms with E-state index in [1.807, 2.05) is 66.7 Å². The highest BCUT2D eigenvalue weighted by molar-refractivity contribution is 7.93. The number of nitrogens with one attached hydrogen (secondary N) is 1. The lowest BCUT2D eigenvalue weighted by Crippen LogP contribution is -2.13. The molecule has 0 aliphatic rings. The first-order chi connectivity index (χ1) is 19.3. The summed E-state index contributed by atoms with van der Waals surface area (Å²) in [5, 5.41) is 9.15. The van der Waals surface area contributed by atoms with Crippen molar-refractivity contribution in [3.63, 3.8) is 0 Å². The Balaban J connectivity index is 1.39. The fourth-order valence-electron chi connectivity index (χ4n) is 4.32. The van der Waals surface area contributed by atoms with Gasteiger partial charge in [0.15, 0.2) is 0 Å². The van der Waals surface area contributed by atoms with Crippen LogP contribution in [0.1, 0.15) is 20.2 Å². The summed E-state index contributed by atoms with van der Waals surface area (Å²) in [5.74, 6) is -0.308. The summed E-state index contributed by atoms with van der Waals surface area (Å²) < 4.78 is 28.0. The van der Waals surface area contributed by atoms with Crippen LogP contribution in [0.2, 0.25) is 0 Å². The molecule has 3 heterocycles. The first-order valence-corrected chi connectivity index (χ1v) is 15.2. The van der Waals surface area contributed by atoms with Gasteiger partial charge in [-0.2, -0.15) is 0 Å². The van der Waals surface area contributed by atoms with Crippen molar-refractivity contribution in [2.75, 3.05) is 10.5 Å². The zero-order valence-corrected chi connectivity index (χ0v) is 23.5. The molecule has 0 unspecified atom stereocenters. The Bertz CT molecular complexity index is 1970. The molecule has 8 nitrogen and oxygen atoms in total. The second-order valence-electron chi connectivity index (χ2n) is 8.90. The smallest absolute Gasteiger partial charge is 0.263 e. The molecule has 3 N–H and O–H groups in total. The molecule has 3 aromatic carbocycles. The largest absolute Gasteiger partial charge is 0.397 e. The highest BCUT2D eigenvalue weighted by atomic mass is 32.2. The van der Waals surface area contributed by atoms with Gasteiger partial charge >= 0.3 is 0 Å². The van der Waals surface area contributed by atoms with Gasteiger partial charge in [0.2, 0.25) is 10.9 Å². The zero-order valence-electron chi connectivity index (χ0n) is 21.0. The van der Waals surface area contributed by atoms with Crippen molar-refractivity contribution >= 4 is 59.5 Å². The number of ketones is 1. The summed E-state index contributed by atoms with van der Waals surface area (Å²) in [6, 6.07) is 27.4. The summed E-state index contributed by atoms with van der Waals surface area (Å²) >= 11 is 2.36. The molecule has 0 fully saturated rings. The number of nitrogens with zero attached hydrogens (tertiary/aromatic N) is 3. The van der Waals surface area contributed by atoms with E-state index in [0.29, 0.717) is 26.0 Å². The molecule has 40 heavy (non-hydrogen) atoms. The molecular formula is C29H21N5O3S3. The highest BCUT2D eigenvalue weighted by Gasteiger charge is 2.23. The standard InChI is InChI=1S/C29H21N5O3S3/c1-17-32-33-29(38-17)34-40(36,37)21-14-12-20(13-15-21)26(35)27-25(30)24-22(18-8-4-2-5-9-18)16-23(31-28(24)39-27)19-10-6-3-7-11-19/h2-16H,30H2,1H3,(H,33,34). The van der Waals surface area contributed by atoms with Crippen molar-refractivity contribution in [3.8, 4) is 22.4 Å². The van der Waals surface area contributed by atoms with Crippen LogP contribution in [0.25, 0.3) is 32.6 Å². The van der Waals surface area contributed by atoms with E-state index >= 15 is 0 Å². The van der Waals surface area contributed by atoms with Gasteiger partial charge in [-0.25, -0.2) is 13.4 Å². The third kappa shape index (κ3) is 4.86. The lowest BCUT2D eigenvalue weighted by molar-refractivity contribution is 0.104. The van der Waals surface area contributed by atoms with Crippen molar-refractivity contribution in [1.82, 2.24) is 15.2 Å². The van der Waals surface area contributed by atoms with Crippen LogP contribution in [-0.4, -0.2) is 29.4 Å². The van der Waals surface area contributed by atoms with Crippen molar-refractivity contribution < 1.29 is 13.2 Å². The molecule has 0 saturated heterocycles. The maximum Gasteiger partial charge on any atom is 0.263 e. The minimum atomic E-state index is -3.89. The number of carbonyl (C=O) groups is 1. The molecule has 198 valence electrons. The number of anilines is 2. The monoisotopic (exact) mass is 583 g/mol. The summed E-state index contributed by atoms with van der Waals surface area (Å²) in [5.41, 5.74) is 10.9. The van der Waals surface area contributed by atoms with Gasteiger partial charge in [0, 0.05) is 16.5 Å². The molecule has 0 radical (unpaired) electrons. The molecule has 0 bridgehead atoms. The van der Waals surface area contributed by atoms with E-state index in [2.05, 4.69) is 14.9 Å². The van der Waals surface area contributed by atoms with Crippen LogP contribution in [0.3, 0.4) is 0 Å². The number of hydrogen-bond acceptors (Lipinski definition) is 9. The Kier molecular flexibility index (Phi) is 6.62. The van der Waals surface area contributed by atoms with E-state index < -0.39 is 10.0 Å². The Morgan fingerprint density at radius 2 is 1.50 bits per heavy atom. The molecule has 0 amide bonds. The Labute approximate surface area is 238 Å². The summed E-state index contributed by atoms with van der Waals surface area (Å²) in [7, 11) is -3.89. The normalized spacial score (nSPS) is 11.5. The number of thiophene rings is 1. The number of carbonyl (C=O) groups excluding carboxylic acids is 1. The minimum absolute atomic E-state index is 0.00162. The number of sulfonamides is 1. The van der Waals surface area contributed by atoms with Gasteiger partial charge in [0.25, 0.3) is 10.0 Å². The molecule has 6 rings (SSSR count). The lowest BCUT2D eigenvalue weighted by Gasteiger charge is -2.09. The van der Waals surface area contributed by atoms with Crippen LogP contribution in [0.4, 0.5) is 10.8 Å². The van der Waals surface area contributed by atoms with Crippen molar-refractivity contribution in [2.24, 2.45) is 0 Å². The lowest BCUT2D eigenvalue weighted by atomic mass is 9.99. The highest BCUT2D eigenvalue weighted by Crippen LogP contribution is 2.42. The van der Waals surface area contributed by atoms with Gasteiger partial charge in [0.05, 0.1) is 16.3 Å². The van der Waals surface area contributed by atoms with Crippen LogP contribution in [0, 0.1) is 6.92 Å². The molecule has 11 heteroatoms. The number of aryl methyl sites for hydroxylation is 1.